The van der Waals surface area contributed by atoms with Crippen molar-refractivity contribution in [3.8, 4) is 11.1 Å². The number of carbonyl (C=O) groups excluding carboxylic acids is 1. The number of nitrogens with zero attached hydrogens (tertiary/aromatic N) is 3. The molecule has 31 heavy (non-hydrogen) atoms. The number of benzene rings is 2. The predicted octanol–water partition coefficient (Wildman–Crippen LogP) is 5.03. The van der Waals surface area contributed by atoms with Crippen molar-refractivity contribution < 1.29 is 4.79 Å². The average molecular weight is 415 g/mol. The van der Waals surface area contributed by atoms with Gasteiger partial charge in [0.2, 0.25) is 11.9 Å². The van der Waals surface area contributed by atoms with Crippen LogP contribution in [-0.2, 0) is 4.79 Å². The summed E-state index contributed by atoms with van der Waals surface area (Å²) in [5, 5.41) is 2.94. The van der Waals surface area contributed by atoms with E-state index in [9.17, 15) is 4.79 Å². The van der Waals surface area contributed by atoms with Crippen LogP contribution in [0.1, 0.15) is 55.5 Å². The molecule has 160 valence electrons. The van der Waals surface area contributed by atoms with Gasteiger partial charge in [-0.15, -0.1) is 0 Å². The number of hydrogen-bond donors (Lipinski definition) is 1. The van der Waals surface area contributed by atoms with E-state index in [0.29, 0.717) is 5.92 Å². The molecule has 1 aliphatic heterocycles. The van der Waals surface area contributed by atoms with E-state index in [4.69, 9.17) is 4.98 Å². The monoisotopic (exact) mass is 414 g/mol. The van der Waals surface area contributed by atoms with Gasteiger partial charge in [0.05, 0.1) is 11.7 Å². The molecule has 0 radical (unpaired) electrons. The molecule has 5 heteroatoms. The average Bonchev–Trinajstić information content (AvgIpc) is 2.79. The first-order chi connectivity index (χ1) is 15.0. The van der Waals surface area contributed by atoms with E-state index < -0.39 is 0 Å². The lowest BCUT2D eigenvalue weighted by Gasteiger charge is -2.32. The highest BCUT2D eigenvalue weighted by molar-refractivity contribution is 5.73. The Hall–Kier alpha value is -3.21. The van der Waals surface area contributed by atoms with Gasteiger partial charge in [-0.25, -0.2) is 9.97 Å². The van der Waals surface area contributed by atoms with Gasteiger partial charge in [-0.1, -0.05) is 54.6 Å². The van der Waals surface area contributed by atoms with Crippen LogP contribution in [0, 0.1) is 6.92 Å². The molecule has 1 saturated heterocycles. The van der Waals surface area contributed by atoms with Gasteiger partial charge in [0.25, 0.3) is 0 Å². The molecule has 1 amide bonds. The first kappa shape index (κ1) is 21.0. The number of aromatic nitrogens is 2. The third kappa shape index (κ3) is 4.93. The van der Waals surface area contributed by atoms with E-state index in [-0.39, 0.29) is 11.9 Å². The zero-order valence-electron chi connectivity index (χ0n) is 18.5. The van der Waals surface area contributed by atoms with Crippen molar-refractivity contribution in [1.29, 1.82) is 0 Å². The summed E-state index contributed by atoms with van der Waals surface area (Å²) in [6.45, 7) is 7.54. The van der Waals surface area contributed by atoms with Crippen LogP contribution >= 0.6 is 0 Å². The molecule has 2 heterocycles. The number of hydrogen-bond acceptors (Lipinski definition) is 4. The van der Waals surface area contributed by atoms with Crippen molar-refractivity contribution in [2.45, 2.75) is 45.6 Å². The van der Waals surface area contributed by atoms with E-state index in [2.05, 4.69) is 58.5 Å². The fourth-order valence-electron chi connectivity index (χ4n) is 4.37. The minimum atomic E-state index is -0.00166. The van der Waals surface area contributed by atoms with Crippen molar-refractivity contribution in [3.63, 3.8) is 0 Å². The predicted molar refractivity (Wildman–Crippen MR) is 125 cm³/mol. The molecule has 1 N–H and O–H groups in total. The van der Waals surface area contributed by atoms with Crippen LogP contribution in [0.5, 0.6) is 0 Å². The van der Waals surface area contributed by atoms with Crippen molar-refractivity contribution in [2.24, 2.45) is 0 Å². The van der Waals surface area contributed by atoms with Gasteiger partial charge in [0.1, 0.15) is 0 Å². The number of nitrogens with one attached hydrogen (secondary N) is 1. The molecule has 1 atom stereocenters. The molecule has 0 saturated carbocycles. The van der Waals surface area contributed by atoms with Gasteiger partial charge in [0.15, 0.2) is 0 Å². The van der Waals surface area contributed by atoms with Crippen LogP contribution < -0.4 is 10.2 Å². The molecular formula is C26H30N4O. The molecule has 0 spiro atoms. The highest BCUT2D eigenvalue weighted by Gasteiger charge is 2.23. The maximum Gasteiger partial charge on any atom is 0.225 e. The minimum Gasteiger partial charge on any atom is -0.350 e. The first-order valence-electron chi connectivity index (χ1n) is 11.0. The summed E-state index contributed by atoms with van der Waals surface area (Å²) in [5.74, 6) is 1.37. The minimum absolute atomic E-state index is 0.00166. The molecule has 0 aliphatic carbocycles. The summed E-state index contributed by atoms with van der Waals surface area (Å²) in [5.41, 5.74) is 5.77. The van der Waals surface area contributed by atoms with E-state index in [1.54, 1.807) is 6.92 Å². The standard InChI is InChI=1S/C26H30N4O/c1-18(28-20(3)31)21-9-11-22(12-10-21)23-13-15-30(16-14-23)26-27-17-25(19(2)29-26)24-7-5-4-6-8-24/h4-12,17-18,23H,13-16H2,1-3H3,(H,28,31). The van der Waals surface area contributed by atoms with E-state index >= 15 is 0 Å². The lowest BCUT2D eigenvalue weighted by Crippen LogP contribution is -2.34. The fraction of sp³-hybridized carbons (Fsp3) is 0.346. The van der Waals surface area contributed by atoms with Crippen LogP contribution in [0.2, 0.25) is 0 Å². The first-order valence-corrected chi connectivity index (χ1v) is 11.0. The topological polar surface area (TPSA) is 58.1 Å². The Balaban J connectivity index is 1.39. The quantitative estimate of drug-likeness (QED) is 0.636. The van der Waals surface area contributed by atoms with E-state index in [1.807, 2.05) is 31.3 Å². The van der Waals surface area contributed by atoms with Crippen molar-refractivity contribution in [1.82, 2.24) is 15.3 Å². The molecule has 1 unspecified atom stereocenters. The molecule has 2 aromatic carbocycles. The molecule has 0 bridgehead atoms. The summed E-state index contributed by atoms with van der Waals surface area (Å²) in [7, 11) is 0. The number of carbonyl (C=O) groups is 1. The number of rotatable bonds is 5. The van der Waals surface area contributed by atoms with Gasteiger partial charge < -0.3 is 10.2 Å². The molecule has 1 fully saturated rings. The van der Waals surface area contributed by atoms with Gasteiger partial charge in [-0.05, 0) is 49.3 Å². The Morgan fingerprint density at radius 2 is 1.74 bits per heavy atom. The van der Waals surface area contributed by atoms with E-state index in [1.165, 1.54) is 5.56 Å². The number of anilines is 1. The number of amides is 1. The van der Waals surface area contributed by atoms with Gasteiger partial charge >= 0.3 is 0 Å². The maximum absolute atomic E-state index is 11.3. The zero-order chi connectivity index (χ0) is 21.8. The number of aryl methyl sites for hydroxylation is 1. The smallest absolute Gasteiger partial charge is 0.225 e. The van der Waals surface area contributed by atoms with Gasteiger partial charge in [-0.2, -0.15) is 0 Å². The highest BCUT2D eigenvalue weighted by atomic mass is 16.1. The lowest BCUT2D eigenvalue weighted by atomic mass is 9.88. The third-order valence-electron chi connectivity index (χ3n) is 6.16. The Bertz CT molecular complexity index is 1030. The third-order valence-corrected chi connectivity index (χ3v) is 6.16. The number of piperidine rings is 1. The van der Waals surface area contributed by atoms with Crippen molar-refractivity contribution >= 4 is 11.9 Å². The van der Waals surface area contributed by atoms with Crippen LogP contribution in [0.4, 0.5) is 5.95 Å². The Morgan fingerprint density at radius 1 is 1.06 bits per heavy atom. The fourth-order valence-corrected chi connectivity index (χ4v) is 4.37. The second kappa shape index (κ2) is 9.29. The largest absolute Gasteiger partial charge is 0.350 e. The van der Waals surface area contributed by atoms with Crippen LogP contribution in [0.25, 0.3) is 11.1 Å². The van der Waals surface area contributed by atoms with Crippen molar-refractivity contribution in [2.75, 3.05) is 18.0 Å². The molecule has 3 aromatic rings. The second-order valence-corrected chi connectivity index (χ2v) is 8.39. The SMILES string of the molecule is CC(=O)NC(C)c1ccc(C2CCN(c3ncc(-c4ccccc4)c(C)n3)CC2)cc1. The lowest BCUT2D eigenvalue weighted by molar-refractivity contribution is -0.119. The molecule has 4 rings (SSSR count). The highest BCUT2D eigenvalue weighted by Crippen LogP contribution is 2.31. The van der Waals surface area contributed by atoms with Gasteiger partial charge in [0, 0.05) is 31.8 Å². The second-order valence-electron chi connectivity index (χ2n) is 8.39. The summed E-state index contributed by atoms with van der Waals surface area (Å²) in [4.78, 5) is 23.1. The van der Waals surface area contributed by atoms with Crippen LogP contribution in [0.15, 0.2) is 60.8 Å². The van der Waals surface area contributed by atoms with Gasteiger partial charge in [-0.3, -0.25) is 4.79 Å². The normalized spacial score (nSPS) is 15.5. The summed E-state index contributed by atoms with van der Waals surface area (Å²) in [6.07, 6.45) is 4.13. The molecule has 1 aliphatic rings. The van der Waals surface area contributed by atoms with Crippen LogP contribution in [-0.4, -0.2) is 29.0 Å². The van der Waals surface area contributed by atoms with E-state index in [0.717, 1.165) is 54.3 Å². The Labute approximate surface area is 184 Å². The molecule has 1 aromatic heterocycles. The Morgan fingerprint density at radius 3 is 2.35 bits per heavy atom. The summed E-state index contributed by atoms with van der Waals surface area (Å²) < 4.78 is 0. The Kier molecular flexibility index (Phi) is 6.31. The molecular weight excluding hydrogens is 384 g/mol. The molecule has 5 nitrogen and oxygen atoms in total. The summed E-state index contributed by atoms with van der Waals surface area (Å²) >= 11 is 0. The van der Waals surface area contributed by atoms with Crippen molar-refractivity contribution in [3.05, 3.63) is 77.6 Å². The zero-order valence-corrected chi connectivity index (χ0v) is 18.5. The van der Waals surface area contributed by atoms with Crippen LogP contribution in [0.3, 0.4) is 0 Å². The maximum atomic E-state index is 11.3. The summed E-state index contributed by atoms with van der Waals surface area (Å²) in [6, 6.07) is 19.0.